The fraction of sp³-hybridized carbons (Fsp3) is 0.625. The van der Waals surface area contributed by atoms with Crippen LogP contribution >= 0.6 is 11.3 Å². The molecule has 6 heteroatoms. The minimum absolute atomic E-state index is 0.0987. The van der Waals surface area contributed by atoms with E-state index in [-0.39, 0.29) is 11.8 Å². The summed E-state index contributed by atoms with van der Waals surface area (Å²) in [6, 6.07) is 1.79. The van der Waals surface area contributed by atoms with Gasteiger partial charge in [0.15, 0.2) is 0 Å². The summed E-state index contributed by atoms with van der Waals surface area (Å²) >= 11 is 1.49. The molecule has 122 valence electrons. The molecule has 1 aromatic rings. The SMILES string of the molecule is CCNCC1CCN(C(=O)CCNC(=O)c2ccsc2)CC1. The van der Waals surface area contributed by atoms with Gasteiger partial charge in [-0.05, 0) is 43.3 Å². The molecule has 2 N–H and O–H groups in total. The van der Waals surface area contributed by atoms with E-state index in [1.807, 2.05) is 15.7 Å². The second kappa shape index (κ2) is 8.90. The Morgan fingerprint density at radius 2 is 2.14 bits per heavy atom. The lowest BCUT2D eigenvalue weighted by Crippen LogP contribution is -2.41. The van der Waals surface area contributed by atoms with Gasteiger partial charge in [-0.15, -0.1) is 0 Å². The highest BCUT2D eigenvalue weighted by Crippen LogP contribution is 2.16. The van der Waals surface area contributed by atoms with E-state index < -0.39 is 0 Å². The molecule has 0 bridgehead atoms. The molecule has 2 rings (SSSR count). The Kier molecular flexibility index (Phi) is 6.86. The second-order valence-corrected chi connectivity index (χ2v) is 6.43. The zero-order valence-electron chi connectivity index (χ0n) is 13.1. The number of rotatable bonds is 7. The largest absolute Gasteiger partial charge is 0.351 e. The fourth-order valence-corrected chi connectivity index (χ4v) is 3.31. The number of hydrogen-bond donors (Lipinski definition) is 2. The van der Waals surface area contributed by atoms with Gasteiger partial charge in [0, 0.05) is 37.0 Å². The highest BCUT2D eigenvalue weighted by atomic mass is 32.1. The molecule has 5 nitrogen and oxygen atoms in total. The fourth-order valence-electron chi connectivity index (χ4n) is 2.67. The van der Waals surface area contributed by atoms with Gasteiger partial charge in [0.05, 0.1) is 0 Å². The van der Waals surface area contributed by atoms with Crippen LogP contribution in [0.25, 0.3) is 0 Å². The van der Waals surface area contributed by atoms with Crippen LogP contribution in [-0.2, 0) is 4.79 Å². The average Bonchev–Trinajstić information content (AvgIpc) is 3.07. The van der Waals surface area contributed by atoms with Crippen molar-refractivity contribution in [3.8, 4) is 0 Å². The number of likely N-dealkylation sites (tertiary alicyclic amines) is 1. The smallest absolute Gasteiger partial charge is 0.252 e. The number of amides is 2. The van der Waals surface area contributed by atoms with E-state index in [2.05, 4.69) is 17.6 Å². The first-order chi connectivity index (χ1) is 10.7. The third-order valence-corrected chi connectivity index (χ3v) is 4.74. The summed E-state index contributed by atoms with van der Waals surface area (Å²) in [5.74, 6) is 0.730. The molecule has 2 amide bonds. The van der Waals surface area contributed by atoms with Crippen molar-refractivity contribution in [1.29, 1.82) is 0 Å². The van der Waals surface area contributed by atoms with Gasteiger partial charge in [-0.1, -0.05) is 6.92 Å². The molecule has 0 atom stereocenters. The van der Waals surface area contributed by atoms with Crippen molar-refractivity contribution in [2.24, 2.45) is 5.92 Å². The Balaban J connectivity index is 1.63. The highest BCUT2D eigenvalue weighted by molar-refractivity contribution is 7.08. The van der Waals surface area contributed by atoms with E-state index in [0.717, 1.165) is 39.0 Å². The summed E-state index contributed by atoms with van der Waals surface area (Å²) in [6.45, 7) is 6.26. The van der Waals surface area contributed by atoms with Gasteiger partial charge in [0.1, 0.15) is 0 Å². The molecule has 1 fully saturated rings. The van der Waals surface area contributed by atoms with Gasteiger partial charge in [0.25, 0.3) is 5.91 Å². The summed E-state index contributed by atoms with van der Waals surface area (Å²) < 4.78 is 0. The predicted molar refractivity (Wildman–Crippen MR) is 89.1 cm³/mol. The van der Waals surface area contributed by atoms with E-state index in [4.69, 9.17) is 0 Å². The maximum absolute atomic E-state index is 12.1. The number of carbonyl (C=O) groups is 2. The van der Waals surface area contributed by atoms with Gasteiger partial charge >= 0.3 is 0 Å². The van der Waals surface area contributed by atoms with E-state index in [1.54, 1.807) is 6.07 Å². The molecular formula is C16H25N3O2S. The number of nitrogens with one attached hydrogen (secondary N) is 2. The molecule has 1 aromatic heterocycles. The summed E-state index contributed by atoms with van der Waals surface area (Å²) in [5.41, 5.74) is 0.668. The lowest BCUT2D eigenvalue weighted by molar-refractivity contribution is -0.132. The average molecular weight is 323 g/mol. The number of carbonyl (C=O) groups excluding carboxylic acids is 2. The quantitative estimate of drug-likeness (QED) is 0.803. The Hall–Kier alpha value is -1.40. The molecule has 0 unspecified atom stereocenters. The summed E-state index contributed by atoms with van der Waals surface area (Å²) in [7, 11) is 0. The Morgan fingerprint density at radius 1 is 1.36 bits per heavy atom. The number of thiophene rings is 1. The molecular weight excluding hydrogens is 298 g/mol. The van der Waals surface area contributed by atoms with Crippen molar-refractivity contribution >= 4 is 23.2 Å². The molecule has 0 spiro atoms. The third kappa shape index (κ3) is 5.10. The maximum atomic E-state index is 12.1. The van der Waals surface area contributed by atoms with Gasteiger partial charge in [-0.2, -0.15) is 11.3 Å². The molecule has 22 heavy (non-hydrogen) atoms. The minimum Gasteiger partial charge on any atom is -0.351 e. The van der Waals surface area contributed by atoms with Crippen LogP contribution in [0, 0.1) is 5.92 Å². The standard InChI is InChI=1S/C16H25N3O2S/c1-2-17-11-13-4-8-19(9-5-13)15(20)3-7-18-16(21)14-6-10-22-12-14/h6,10,12-13,17H,2-5,7-9,11H2,1H3,(H,18,21). The molecule has 2 heterocycles. The normalized spacial score (nSPS) is 15.8. The topological polar surface area (TPSA) is 61.4 Å². The van der Waals surface area contributed by atoms with Crippen LogP contribution in [-0.4, -0.2) is 49.4 Å². The molecule has 1 saturated heterocycles. The Bertz CT molecular complexity index is 468. The lowest BCUT2D eigenvalue weighted by Gasteiger charge is -2.32. The third-order valence-electron chi connectivity index (χ3n) is 4.06. The van der Waals surface area contributed by atoms with Crippen LogP contribution in [0.3, 0.4) is 0 Å². The Labute approximate surface area is 136 Å². The highest BCUT2D eigenvalue weighted by Gasteiger charge is 2.22. The number of hydrogen-bond acceptors (Lipinski definition) is 4. The van der Waals surface area contributed by atoms with Crippen molar-refractivity contribution in [2.75, 3.05) is 32.7 Å². The monoisotopic (exact) mass is 323 g/mol. The van der Waals surface area contributed by atoms with E-state index in [1.165, 1.54) is 11.3 Å². The van der Waals surface area contributed by atoms with Gasteiger partial charge in [-0.25, -0.2) is 0 Å². The first kappa shape index (κ1) is 17.0. The molecule has 1 aliphatic heterocycles. The van der Waals surface area contributed by atoms with E-state index in [0.29, 0.717) is 24.4 Å². The number of nitrogens with zero attached hydrogens (tertiary/aromatic N) is 1. The van der Waals surface area contributed by atoms with Gasteiger partial charge in [-0.3, -0.25) is 9.59 Å². The second-order valence-electron chi connectivity index (χ2n) is 5.65. The zero-order valence-corrected chi connectivity index (χ0v) is 14.0. The minimum atomic E-state index is -0.0987. The Morgan fingerprint density at radius 3 is 2.77 bits per heavy atom. The van der Waals surface area contributed by atoms with E-state index in [9.17, 15) is 9.59 Å². The van der Waals surface area contributed by atoms with Crippen LogP contribution in [0.4, 0.5) is 0 Å². The van der Waals surface area contributed by atoms with Crippen molar-refractivity contribution in [3.63, 3.8) is 0 Å². The lowest BCUT2D eigenvalue weighted by atomic mass is 9.96. The first-order valence-corrected chi connectivity index (χ1v) is 8.94. The van der Waals surface area contributed by atoms with E-state index >= 15 is 0 Å². The van der Waals surface area contributed by atoms with Gasteiger partial charge in [0.2, 0.25) is 5.91 Å². The molecule has 0 aliphatic carbocycles. The maximum Gasteiger partial charge on any atom is 0.252 e. The molecule has 0 radical (unpaired) electrons. The van der Waals surface area contributed by atoms with Crippen molar-refractivity contribution in [2.45, 2.75) is 26.2 Å². The summed E-state index contributed by atoms with van der Waals surface area (Å²) in [6.07, 6.45) is 2.52. The summed E-state index contributed by atoms with van der Waals surface area (Å²) in [4.78, 5) is 25.8. The van der Waals surface area contributed by atoms with Crippen LogP contribution in [0.2, 0.25) is 0 Å². The molecule has 0 aromatic carbocycles. The van der Waals surface area contributed by atoms with Crippen molar-refractivity contribution in [3.05, 3.63) is 22.4 Å². The molecule has 0 saturated carbocycles. The predicted octanol–water partition coefficient (Wildman–Crippen LogP) is 1.72. The molecule has 1 aliphatic rings. The first-order valence-electron chi connectivity index (χ1n) is 7.99. The number of piperidine rings is 1. The van der Waals surface area contributed by atoms with Crippen molar-refractivity contribution < 1.29 is 9.59 Å². The summed E-state index contributed by atoms with van der Waals surface area (Å²) in [5, 5.41) is 9.86. The van der Waals surface area contributed by atoms with Gasteiger partial charge < -0.3 is 15.5 Å². The van der Waals surface area contributed by atoms with Crippen molar-refractivity contribution in [1.82, 2.24) is 15.5 Å². The van der Waals surface area contributed by atoms with Crippen LogP contribution < -0.4 is 10.6 Å². The van der Waals surface area contributed by atoms with Crippen LogP contribution in [0.1, 0.15) is 36.5 Å². The zero-order chi connectivity index (χ0) is 15.8. The van der Waals surface area contributed by atoms with Crippen LogP contribution in [0.5, 0.6) is 0 Å². The van der Waals surface area contributed by atoms with Crippen LogP contribution in [0.15, 0.2) is 16.8 Å².